The highest BCUT2D eigenvalue weighted by molar-refractivity contribution is 6.35. The molecule has 0 saturated carbocycles. The maximum Gasteiger partial charge on any atom is 0.416 e. The molecule has 12 heteroatoms. The van der Waals surface area contributed by atoms with E-state index in [1.807, 2.05) is 0 Å². The van der Waals surface area contributed by atoms with Gasteiger partial charge in [0, 0.05) is 21.2 Å². The number of hydrogen-bond donors (Lipinski definition) is 1. The Morgan fingerprint density at radius 2 is 1.94 bits per heavy atom. The molecule has 1 aromatic heterocycles. The molecule has 1 N–H and O–H groups in total. The molecule has 180 valence electrons. The van der Waals surface area contributed by atoms with Crippen LogP contribution in [0.15, 0.2) is 55.1 Å². The van der Waals surface area contributed by atoms with Gasteiger partial charge in [-0.1, -0.05) is 29.3 Å². The van der Waals surface area contributed by atoms with Crippen LogP contribution in [0.25, 0.3) is 0 Å². The number of ether oxygens (including phenoxy) is 1. The molecule has 0 aliphatic carbocycles. The molecule has 3 atom stereocenters. The predicted octanol–water partition coefficient (Wildman–Crippen LogP) is 4.38. The maximum absolute atomic E-state index is 13.4. The van der Waals surface area contributed by atoms with Gasteiger partial charge in [0.1, 0.15) is 18.3 Å². The number of amides is 1. The molecule has 2 aromatic carbocycles. The molecule has 0 radical (unpaired) electrons. The lowest BCUT2D eigenvalue weighted by atomic mass is 9.83. The highest BCUT2D eigenvalue weighted by Crippen LogP contribution is 2.43. The van der Waals surface area contributed by atoms with E-state index in [1.54, 1.807) is 19.1 Å². The quantitative estimate of drug-likeness (QED) is 0.558. The van der Waals surface area contributed by atoms with Gasteiger partial charge < -0.3 is 14.7 Å². The molecule has 1 aliphatic rings. The molecule has 0 bridgehead atoms. The monoisotopic (exact) mass is 514 g/mol. The fourth-order valence-electron chi connectivity index (χ4n) is 4.11. The van der Waals surface area contributed by atoms with Crippen LogP contribution in [0.3, 0.4) is 0 Å². The summed E-state index contributed by atoms with van der Waals surface area (Å²) >= 11 is 12.6. The number of aliphatic hydroxyl groups is 1. The van der Waals surface area contributed by atoms with Gasteiger partial charge in [-0.3, -0.25) is 4.79 Å². The van der Waals surface area contributed by atoms with Crippen molar-refractivity contribution in [2.75, 3.05) is 6.54 Å². The third-order valence-corrected chi connectivity index (χ3v) is 6.36. The largest absolute Gasteiger partial charge is 0.416 e. The van der Waals surface area contributed by atoms with Crippen LogP contribution in [0.4, 0.5) is 13.2 Å². The number of alkyl halides is 3. The summed E-state index contributed by atoms with van der Waals surface area (Å²) in [6.45, 7) is 1.53. The van der Waals surface area contributed by atoms with E-state index >= 15 is 0 Å². The minimum Gasteiger partial charge on any atom is -0.366 e. The normalized spacial score (nSPS) is 23.2. The first-order valence-corrected chi connectivity index (χ1v) is 10.9. The van der Waals surface area contributed by atoms with E-state index in [2.05, 4.69) is 10.1 Å². The zero-order valence-corrected chi connectivity index (χ0v) is 19.2. The van der Waals surface area contributed by atoms with Crippen LogP contribution in [-0.2, 0) is 23.1 Å². The van der Waals surface area contributed by atoms with E-state index < -0.39 is 35.6 Å². The Hall–Kier alpha value is -2.66. The average molecular weight is 515 g/mol. The van der Waals surface area contributed by atoms with Gasteiger partial charge in [-0.05, 0) is 43.3 Å². The molecular weight excluding hydrogens is 496 g/mol. The molecule has 1 fully saturated rings. The molecule has 4 rings (SSSR count). The van der Waals surface area contributed by atoms with E-state index in [-0.39, 0.29) is 23.7 Å². The molecule has 7 nitrogen and oxygen atoms in total. The second-order valence-electron chi connectivity index (χ2n) is 7.89. The van der Waals surface area contributed by atoms with Crippen LogP contribution in [0.5, 0.6) is 0 Å². The van der Waals surface area contributed by atoms with Gasteiger partial charge in [0.15, 0.2) is 6.29 Å². The van der Waals surface area contributed by atoms with Gasteiger partial charge in [0.2, 0.25) is 0 Å². The number of morpholine rings is 1. The molecule has 34 heavy (non-hydrogen) atoms. The number of β-amino-alcohol motifs (C(OH)–C–C–N with tert-alkyl or cyclic N) is 1. The third kappa shape index (κ3) is 4.63. The molecule has 0 unspecified atom stereocenters. The number of rotatable bonds is 4. The number of carbonyl (C=O) groups is 1. The first-order chi connectivity index (χ1) is 16.0. The lowest BCUT2D eigenvalue weighted by molar-refractivity contribution is -0.255. The lowest BCUT2D eigenvalue weighted by Gasteiger charge is -2.50. The van der Waals surface area contributed by atoms with Gasteiger partial charge in [-0.2, -0.15) is 18.3 Å². The highest BCUT2D eigenvalue weighted by Gasteiger charge is 2.51. The molecule has 2 heterocycles. The van der Waals surface area contributed by atoms with E-state index in [9.17, 15) is 23.1 Å². The van der Waals surface area contributed by atoms with Crippen molar-refractivity contribution in [1.29, 1.82) is 0 Å². The van der Waals surface area contributed by atoms with Crippen LogP contribution in [0, 0.1) is 0 Å². The zero-order chi connectivity index (χ0) is 24.7. The van der Waals surface area contributed by atoms with Gasteiger partial charge in [0.05, 0.1) is 24.7 Å². The Morgan fingerprint density at radius 1 is 1.24 bits per heavy atom. The van der Waals surface area contributed by atoms with E-state index in [4.69, 9.17) is 27.9 Å². The molecule has 0 spiro atoms. The Balaban J connectivity index is 1.76. The number of nitrogens with zero attached hydrogens (tertiary/aromatic N) is 4. The van der Waals surface area contributed by atoms with Crippen molar-refractivity contribution in [3.63, 3.8) is 0 Å². The highest BCUT2D eigenvalue weighted by atomic mass is 35.5. The van der Waals surface area contributed by atoms with Gasteiger partial charge in [0.25, 0.3) is 5.91 Å². The van der Waals surface area contributed by atoms with Gasteiger partial charge in [-0.25, -0.2) is 9.67 Å². The number of hydrogen-bond acceptors (Lipinski definition) is 5. The summed E-state index contributed by atoms with van der Waals surface area (Å²) < 4.78 is 46.3. The first kappa shape index (κ1) is 24.5. The predicted molar refractivity (Wildman–Crippen MR) is 117 cm³/mol. The van der Waals surface area contributed by atoms with E-state index in [1.165, 1.54) is 28.3 Å². The van der Waals surface area contributed by atoms with E-state index in [0.29, 0.717) is 10.6 Å². The lowest BCUT2D eigenvalue weighted by Crippen LogP contribution is -2.62. The summed E-state index contributed by atoms with van der Waals surface area (Å²) in [6, 6.07) is 7.92. The number of aromatic nitrogens is 3. The van der Waals surface area contributed by atoms with Crippen LogP contribution in [0.2, 0.25) is 10.0 Å². The van der Waals surface area contributed by atoms with Crippen LogP contribution < -0.4 is 0 Å². The van der Waals surface area contributed by atoms with Crippen LogP contribution in [0.1, 0.15) is 28.4 Å². The van der Waals surface area contributed by atoms with Crippen molar-refractivity contribution in [2.24, 2.45) is 0 Å². The topological polar surface area (TPSA) is 80.5 Å². The Morgan fingerprint density at radius 3 is 2.53 bits per heavy atom. The fourth-order valence-corrected chi connectivity index (χ4v) is 4.68. The smallest absolute Gasteiger partial charge is 0.366 e. The number of benzene rings is 2. The number of aliphatic hydroxyl groups excluding tert-OH is 1. The zero-order valence-electron chi connectivity index (χ0n) is 17.7. The molecular formula is C22H19Cl2F3N4O3. The summed E-state index contributed by atoms with van der Waals surface area (Å²) in [6.07, 6.45) is -3.16. The molecule has 3 aromatic rings. The minimum absolute atomic E-state index is 0.0311. The molecule has 1 amide bonds. The van der Waals surface area contributed by atoms with Crippen molar-refractivity contribution in [3.05, 3.63) is 81.9 Å². The van der Waals surface area contributed by atoms with Crippen molar-refractivity contribution in [1.82, 2.24) is 19.7 Å². The molecule has 1 aliphatic heterocycles. The van der Waals surface area contributed by atoms with Crippen molar-refractivity contribution in [3.8, 4) is 0 Å². The fraction of sp³-hybridized carbons (Fsp3) is 0.318. The van der Waals surface area contributed by atoms with Crippen molar-refractivity contribution >= 4 is 29.1 Å². The summed E-state index contributed by atoms with van der Waals surface area (Å²) in [4.78, 5) is 18.6. The summed E-state index contributed by atoms with van der Waals surface area (Å²) in [5.74, 6) is -0.573. The number of halogens is 5. The summed E-state index contributed by atoms with van der Waals surface area (Å²) in [5.41, 5.74) is -1.77. The second kappa shape index (κ2) is 9.18. The van der Waals surface area contributed by atoms with Crippen LogP contribution >= 0.6 is 23.2 Å². The Bertz CT molecular complexity index is 1180. The molecule has 1 saturated heterocycles. The van der Waals surface area contributed by atoms with Gasteiger partial charge in [-0.15, -0.1) is 0 Å². The average Bonchev–Trinajstić information content (AvgIpc) is 3.28. The van der Waals surface area contributed by atoms with Crippen molar-refractivity contribution < 1.29 is 27.8 Å². The standard InChI is InChI=1S/C22H19Cl2F3N4O3/c1-13-21(10-30-12-28-11-29-30,17-7-6-16(23)8-18(17)24)34-19(32)9-31(13)20(33)14-2-4-15(5-3-14)22(25,26)27/h2-8,11-13,19,32H,9-10H2,1H3/t13-,19+,21-/m1/s1. The SMILES string of the molecule is C[C@H]1N(C(=O)c2ccc(C(F)(F)F)cc2)C[C@@H](O)O[C@@]1(Cn1cncn1)c1ccc(Cl)cc1Cl. The first-order valence-electron chi connectivity index (χ1n) is 10.1. The van der Waals surface area contributed by atoms with Crippen LogP contribution in [-0.4, -0.2) is 49.6 Å². The summed E-state index contributed by atoms with van der Waals surface area (Å²) in [7, 11) is 0. The maximum atomic E-state index is 13.4. The third-order valence-electron chi connectivity index (χ3n) is 5.81. The minimum atomic E-state index is -4.53. The van der Waals surface area contributed by atoms with E-state index in [0.717, 1.165) is 24.3 Å². The summed E-state index contributed by atoms with van der Waals surface area (Å²) in [5, 5.41) is 15.4. The van der Waals surface area contributed by atoms with Crippen molar-refractivity contribution in [2.45, 2.75) is 37.6 Å². The number of carbonyl (C=O) groups excluding carboxylic acids is 1. The van der Waals surface area contributed by atoms with Gasteiger partial charge >= 0.3 is 6.18 Å². The Labute approximate surface area is 202 Å². The Kier molecular flexibility index (Phi) is 6.61. The second-order valence-corrected chi connectivity index (χ2v) is 8.73.